The van der Waals surface area contributed by atoms with Crippen LogP contribution in [-0.4, -0.2) is 28.0 Å². The van der Waals surface area contributed by atoms with Crippen LogP contribution in [-0.2, 0) is 18.3 Å². The van der Waals surface area contributed by atoms with Gasteiger partial charge in [0, 0.05) is 28.3 Å². The monoisotopic (exact) mass is 954 g/mol. The quantitative estimate of drug-likeness (QED) is 0.135. The van der Waals surface area contributed by atoms with E-state index in [1.165, 1.54) is 79.0 Å². The summed E-state index contributed by atoms with van der Waals surface area (Å²) in [6.45, 7) is 7.22. The topological polar surface area (TPSA) is 51.6 Å². The lowest BCUT2D eigenvalue weighted by Gasteiger charge is -2.34. The highest BCUT2D eigenvalue weighted by Crippen LogP contribution is 2.57. The van der Waals surface area contributed by atoms with Crippen molar-refractivity contribution in [1.82, 2.24) is 19.9 Å². The maximum absolute atomic E-state index is 5.34. The second-order valence-electron chi connectivity index (χ2n) is 20.8. The maximum Gasteiger partial charge on any atom is 0.164 e. The minimum absolute atomic E-state index is 0.609. The zero-order chi connectivity index (χ0) is 49.1. The highest BCUT2D eigenvalue weighted by Gasteiger charge is 2.46. The first-order valence-corrected chi connectivity index (χ1v) is 29.2. The molecule has 13 rings (SSSR count). The van der Waals surface area contributed by atoms with Crippen LogP contribution in [0.25, 0.3) is 89.6 Å². The van der Waals surface area contributed by atoms with Crippen LogP contribution in [0.5, 0.6) is 0 Å². The van der Waals surface area contributed by atoms with Crippen molar-refractivity contribution in [2.24, 2.45) is 0 Å². The number of hydrogen-bond donors (Lipinski definition) is 0. The van der Waals surface area contributed by atoms with Gasteiger partial charge in [-0.3, -0.25) is 4.98 Å². The number of fused-ring (bicyclic) bond motifs is 5. The van der Waals surface area contributed by atoms with Crippen LogP contribution < -0.4 is 5.19 Å². The minimum atomic E-state index is -1.67. The normalized spacial score (nSPS) is 13.6. The molecular formula is C68H54N4Si. The number of pyridine rings is 1. The third-order valence-corrected chi connectivity index (χ3v) is 17.4. The van der Waals surface area contributed by atoms with E-state index in [2.05, 4.69) is 238 Å². The molecule has 0 aliphatic heterocycles. The molecule has 350 valence electrons. The molecule has 0 atom stereocenters. The fraction of sp³-hybridized carbons (Fsp3) is 0.118. The molecule has 0 unspecified atom stereocenters. The van der Waals surface area contributed by atoms with E-state index in [9.17, 15) is 0 Å². The average molecular weight is 955 g/mol. The summed E-state index contributed by atoms with van der Waals surface area (Å²) in [5.74, 6) is 1.99. The average Bonchev–Trinajstić information content (AvgIpc) is 3.75. The van der Waals surface area contributed by atoms with Crippen LogP contribution in [0.15, 0.2) is 225 Å². The second kappa shape index (κ2) is 18.0. The molecule has 2 aliphatic rings. The van der Waals surface area contributed by atoms with Gasteiger partial charge in [-0.25, -0.2) is 15.0 Å². The van der Waals surface area contributed by atoms with E-state index < -0.39 is 13.5 Å². The Bertz CT molecular complexity index is 3860. The lowest BCUT2D eigenvalue weighted by Crippen LogP contribution is -2.38. The molecule has 0 radical (unpaired) electrons. The molecule has 11 aromatic rings. The standard InChI is InChI=1S/C68H54N4Si/c1-73(2,3)63-39-38-56(59-31-18-40-69-64(59)63)50-35-37-58-57-36-34-49(43-61(57)68(62(58)44-50,53-25-9-5-10-26-53)54-27-11-6-12-28-54)48-23-17-24-51(42-48)65-70-66(52-33-32-45-19-13-14-22-47(45)41-52)72-67(71-65)60-30-16-15-29-55(60)46-20-7-4-8-21-46/h4-12,15-18,20-21,23-44H,13-14,19,22H2,1-3H3. The van der Waals surface area contributed by atoms with Crippen LogP contribution in [0.1, 0.15) is 46.2 Å². The molecule has 2 aliphatic carbocycles. The number of aromatic nitrogens is 4. The molecular weight excluding hydrogens is 901 g/mol. The van der Waals surface area contributed by atoms with E-state index in [0.29, 0.717) is 17.5 Å². The largest absolute Gasteiger partial charge is 0.256 e. The van der Waals surface area contributed by atoms with Gasteiger partial charge in [0.1, 0.15) is 0 Å². The van der Waals surface area contributed by atoms with Gasteiger partial charge in [-0.05, 0) is 139 Å². The Balaban J connectivity index is 0.979. The molecule has 0 saturated heterocycles. The third-order valence-electron chi connectivity index (χ3n) is 15.4. The van der Waals surface area contributed by atoms with Crippen molar-refractivity contribution in [3.05, 3.63) is 258 Å². The molecule has 0 amide bonds. The zero-order valence-electron chi connectivity index (χ0n) is 41.5. The molecule has 0 N–H and O–H groups in total. The molecule has 0 bridgehead atoms. The van der Waals surface area contributed by atoms with Gasteiger partial charge in [-0.15, -0.1) is 0 Å². The van der Waals surface area contributed by atoms with Crippen LogP contribution in [0, 0.1) is 0 Å². The summed E-state index contributed by atoms with van der Waals surface area (Å²) in [6, 6.07) is 80.0. The Morgan fingerprint density at radius 2 is 0.904 bits per heavy atom. The molecule has 73 heavy (non-hydrogen) atoms. The highest BCUT2D eigenvalue weighted by molar-refractivity contribution is 6.90. The highest BCUT2D eigenvalue weighted by atomic mass is 28.3. The summed E-state index contributed by atoms with van der Waals surface area (Å²) in [4.78, 5) is 20.9. The van der Waals surface area contributed by atoms with Gasteiger partial charge in [0.05, 0.1) is 19.0 Å². The van der Waals surface area contributed by atoms with Crippen molar-refractivity contribution in [2.45, 2.75) is 50.7 Å². The first-order valence-electron chi connectivity index (χ1n) is 25.7. The minimum Gasteiger partial charge on any atom is -0.256 e. The van der Waals surface area contributed by atoms with Crippen LogP contribution in [0.3, 0.4) is 0 Å². The zero-order valence-corrected chi connectivity index (χ0v) is 42.5. The molecule has 2 aromatic heterocycles. The van der Waals surface area contributed by atoms with Crippen molar-refractivity contribution in [3.8, 4) is 78.7 Å². The van der Waals surface area contributed by atoms with Crippen molar-refractivity contribution in [3.63, 3.8) is 0 Å². The van der Waals surface area contributed by atoms with E-state index >= 15 is 0 Å². The van der Waals surface area contributed by atoms with Crippen molar-refractivity contribution < 1.29 is 0 Å². The fourth-order valence-electron chi connectivity index (χ4n) is 11.9. The maximum atomic E-state index is 5.34. The van der Waals surface area contributed by atoms with Gasteiger partial charge >= 0.3 is 0 Å². The summed E-state index contributed by atoms with van der Waals surface area (Å²) < 4.78 is 0. The number of aryl methyl sites for hydroxylation is 2. The summed E-state index contributed by atoms with van der Waals surface area (Å²) >= 11 is 0. The SMILES string of the molecule is C[Si](C)(C)c1ccc(-c2ccc3c(c2)C(c2ccccc2)(c2ccccc2)c2cc(-c4cccc(-c5nc(-c6ccc7c(c6)CCCC7)nc(-c6ccccc6-c6ccccc6)n5)c4)ccc2-3)c2cccnc12. The lowest BCUT2D eigenvalue weighted by atomic mass is 9.67. The molecule has 0 spiro atoms. The smallest absolute Gasteiger partial charge is 0.164 e. The summed E-state index contributed by atoms with van der Waals surface area (Å²) in [7, 11) is -1.67. The van der Waals surface area contributed by atoms with E-state index in [1.54, 1.807) is 0 Å². The van der Waals surface area contributed by atoms with Gasteiger partial charge in [-0.2, -0.15) is 0 Å². The van der Waals surface area contributed by atoms with Crippen LogP contribution in [0.2, 0.25) is 19.6 Å². The van der Waals surface area contributed by atoms with Crippen LogP contribution in [0.4, 0.5) is 0 Å². The number of hydrogen-bond acceptors (Lipinski definition) is 4. The summed E-state index contributed by atoms with van der Waals surface area (Å²) in [5.41, 5.74) is 20.6. The van der Waals surface area contributed by atoms with Gasteiger partial charge in [-0.1, -0.05) is 208 Å². The van der Waals surface area contributed by atoms with Gasteiger partial charge in [0.25, 0.3) is 0 Å². The summed E-state index contributed by atoms with van der Waals surface area (Å²) in [6.07, 6.45) is 6.59. The predicted octanol–water partition coefficient (Wildman–Crippen LogP) is 16.2. The fourth-order valence-corrected chi connectivity index (χ4v) is 13.4. The third kappa shape index (κ3) is 7.74. The Morgan fingerprint density at radius 1 is 0.370 bits per heavy atom. The Morgan fingerprint density at radius 3 is 1.60 bits per heavy atom. The molecule has 5 heteroatoms. The van der Waals surface area contributed by atoms with E-state index in [4.69, 9.17) is 19.9 Å². The van der Waals surface area contributed by atoms with E-state index in [1.807, 2.05) is 6.20 Å². The summed E-state index contributed by atoms with van der Waals surface area (Å²) in [5, 5.41) is 2.59. The van der Waals surface area contributed by atoms with Gasteiger partial charge in [0.15, 0.2) is 17.5 Å². The second-order valence-corrected chi connectivity index (χ2v) is 25.8. The van der Waals surface area contributed by atoms with E-state index in [-0.39, 0.29) is 0 Å². The number of benzene rings is 9. The van der Waals surface area contributed by atoms with Gasteiger partial charge < -0.3 is 0 Å². The Labute approximate surface area is 429 Å². The van der Waals surface area contributed by atoms with Crippen molar-refractivity contribution in [1.29, 1.82) is 0 Å². The molecule has 2 heterocycles. The molecule has 0 fully saturated rings. The first-order chi connectivity index (χ1) is 35.8. The molecule has 0 saturated carbocycles. The Hall–Kier alpha value is -8.38. The first kappa shape index (κ1) is 44.5. The van der Waals surface area contributed by atoms with Crippen LogP contribution >= 0.6 is 0 Å². The Kier molecular flexibility index (Phi) is 11.0. The predicted molar refractivity (Wildman–Crippen MR) is 305 cm³/mol. The molecule has 4 nitrogen and oxygen atoms in total. The number of nitrogens with zero attached hydrogens (tertiary/aromatic N) is 4. The van der Waals surface area contributed by atoms with Crippen molar-refractivity contribution >= 4 is 24.2 Å². The number of rotatable bonds is 9. The van der Waals surface area contributed by atoms with Crippen molar-refractivity contribution in [2.75, 3.05) is 0 Å². The van der Waals surface area contributed by atoms with E-state index in [0.717, 1.165) is 57.3 Å². The molecule has 9 aromatic carbocycles. The lowest BCUT2D eigenvalue weighted by molar-refractivity contribution is 0.686. The van der Waals surface area contributed by atoms with Gasteiger partial charge in [0.2, 0.25) is 0 Å².